The molecule has 0 nitrogen and oxygen atoms in total. The summed E-state index contributed by atoms with van der Waals surface area (Å²) in [7, 11) is 0. The summed E-state index contributed by atoms with van der Waals surface area (Å²) in [5.41, 5.74) is 5.35. The van der Waals surface area contributed by atoms with E-state index in [2.05, 4.69) is 62.4 Å². The maximum Gasteiger partial charge on any atom is -0.0152 e. The Hall–Kier alpha value is -1.56. The van der Waals surface area contributed by atoms with Gasteiger partial charge in [-0.25, -0.2) is 0 Å². The van der Waals surface area contributed by atoms with Crippen LogP contribution in [0.1, 0.15) is 26.0 Å². The predicted octanol–water partition coefficient (Wildman–Crippen LogP) is 5.24. The summed E-state index contributed by atoms with van der Waals surface area (Å²) in [6.07, 6.45) is 0. The molecule has 0 aliphatic rings. The van der Waals surface area contributed by atoms with E-state index in [1.807, 2.05) is 0 Å². The molecule has 0 unspecified atom stereocenters. The summed E-state index contributed by atoms with van der Waals surface area (Å²) >= 11 is 0. The average Bonchev–Trinajstić information content (AvgIpc) is 2.20. The van der Waals surface area contributed by atoms with Crippen LogP contribution in [0.15, 0.2) is 48.5 Å². The van der Waals surface area contributed by atoms with Gasteiger partial charge in [0, 0.05) is 0 Å². The molecule has 86 valence electrons. The third-order valence-electron chi connectivity index (χ3n) is 2.58. The van der Waals surface area contributed by atoms with Crippen LogP contribution >= 0.6 is 0 Å². The first-order valence-corrected chi connectivity index (χ1v) is 4.90. The second-order valence-corrected chi connectivity index (χ2v) is 3.63. The van der Waals surface area contributed by atoms with E-state index in [0.29, 0.717) is 0 Å². The first kappa shape index (κ1) is 14.4. The zero-order chi connectivity index (χ0) is 9.97. The molecular formula is C16H22. The van der Waals surface area contributed by atoms with E-state index in [-0.39, 0.29) is 14.9 Å². The van der Waals surface area contributed by atoms with Crippen molar-refractivity contribution in [2.45, 2.75) is 28.7 Å². The molecule has 2 aromatic carbocycles. The van der Waals surface area contributed by atoms with Crippen molar-refractivity contribution in [3.63, 3.8) is 0 Å². The van der Waals surface area contributed by atoms with Gasteiger partial charge in [0.2, 0.25) is 0 Å². The van der Waals surface area contributed by atoms with E-state index in [1.54, 1.807) is 0 Å². The van der Waals surface area contributed by atoms with Gasteiger partial charge in [-0.2, -0.15) is 0 Å². The minimum atomic E-state index is 0. The third-order valence-corrected chi connectivity index (χ3v) is 2.58. The van der Waals surface area contributed by atoms with Gasteiger partial charge in [-0.05, 0) is 36.1 Å². The molecule has 0 aliphatic heterocycles. The van der Waals surface area contributed by atoms with Gasteiger partial charge in [-0.15, -0.1) is 0 Å². The molecule has 0 aromatic heterocycles. The lowest BCUT2D eigenvalue weighted by molar-refractivity contribution is 1.41. The molecule has 0 atom stereocenters. The van der Waals surface area contributed by atoms with Crippen molar-refractivity contribution in [3.8, 4) is 11.1 Å². The Balaban J connectivity index is 0.00000112. The van der Waals surface area contributed by atoms with Gasteiger partial charge in [0.05, 0.1) is 0 Å². The molecule has 2 rings (SSSR count). The number of benzene rings is 2. The molecule has 0 fully saturated rings. The highest BCUT2D eigenvalue weighted by Gasteiger charge is 2.02. The largest absolute Gasteiger partial charge is 0.0776 e. The third kappa shape index (κ3) is 2.73. The highest BCUT2D eigenvalue weighted by molar-refractivity contribution is 5.70. The average molecular weight is 214 g/mol. The summed E-state index contributed by atoms with van der Waals surface area (Å²) in [5, 5.41) is 0. The molecule has 16 heavy (non-hydrogen) atoms. The van der Waals surface area contributed by atoms with Crippen LogP contribution in [0, 0.1) is 13.8 Å². The summed E-state index contributed by atoms with van der Waals surface area (Å²) < 4.78 is 0. The van der Waals surface area contributed by atoms with Gasteiger partial charge in [-0.3, -0.25) is 0 Å². The molecule has 0 radical (unpaired) electrons. The predicted molar refractivity (Wildman–Crippen MR) is 74.8 cm³/mol. The Morgan fingerprint density at radius 2 is 0.875 bits per heavy atom. The number of aryl methyl sites for hydroxylation is 2. The Kier molecular flexibility index (Phi) is 5.52. The van der Waals surface area contributed by atoms with Crippen molar-refractivity contribution in [1.82, 2.24) is 0 Å². The lowest BCUT2D eigenvalue weighted by Gasteiger charge is -2.08. The van der Waals surface area contributed by atoms with E-state index in [0.717, 1.165) is 0 Å². The molecule has 0 saturated heterocycles. The van der Waals surface area contributed by atoms with Crippen LogP contribution in [0.4, 0.5) is 0 Å². The molecular weight excluding hydrogens is 192 g/mol. The van der Waals surface area contributed by atoms with E-state index in [1.165, 1.54) is 22.3 Å². The molecule has 2 aromatic rings. The topological polar surface area (TPSA) is 0 Å². The molecule has 0 heteroatoms. The zero-order valence-electron chi connectivity index (χ0n) is 8.62. The van der Waals surface area contributed by atoms with Crippen LogP contribution in [0.5, 0.6) is 0 Å². The van der Waals surface area contributed by atoms with Crippen molar-refractivity contribution in [2.24, 2.45) is 0 Å². The summed E-state index contributed by atoms with van der Waals surface area (Å²) in [6, 6.07) is 17.0. The van der Waals surface area contributed by atoms with Crippen LogP contribution in [0.25, 0.3) is 11.1 Å². The Morgan fingerprint density at radius 3 is 1.19 bits per heavy atom. The van der Waals surface area contributed by atoms with Gasteiger partial charge in [0.1, 0.15) is 0 Å². The Labute approximate surface area is 100.0 Å². The van der Waals surface area contributed by atoms with Gasteiger partial charge in [0.15, 0.2) is 0 Å². The highest BCUT2D eigenvalue weighted by Crippen LogP contribution is 2.25. The second kappa shape index (κ2) is 6.12. The number of rotatable bonds is 1. The van der Waals surface area contributed by atoms with E-state index >= 15 is 0 Å². The summed E-state index contributed by atoms with van der Waals surface area (Å²) in [5.74, 6) is 0. The normalized spacial score (nSPS) is 8.88. The van der Waals surface area contributed by atoms with Crippen molar-refractivity contribution in [2.75, 3.05) is 0 Å². The molecule has 0 N–H and O–H groups in total. The Morgan fingerprint density at radius 1 is 0.562 bits per heavy atom. The maximum atomic E-state index is 2.18. The monoisotopic (exact) mass is 214 g/mol. The first-order chi connectivity index (χ1) is 6.79. The summed E-state index contributed by atoms with van der Waals surface area (Å²) in [4.78, 5) is 0. The minimum Gasteiger partial charge on any atom is -0.0776 e. The van der Waals surface area contributed by atoms with Gasteiger partial charge in [0.25, 0.3) is 0 Å². The van der Waals surface area contributed by atoms with Crippen molar-refractivity contribution < 1.29 is 0 Å². The minimum absolute atomic E-state index is 0. The van der Waals surface area contributed by atoms with E-state index < -0.39 is 0 Å². The van der Waals surface area contributed by atoms with Crippen molar-refractivity contribution in [1.29, 1.82) is 0 Å². The quantitative estimate of drug-likeness (QED) is 0.608. The SMILES string of the molecule is C.C.Cc1ccccc1-c1ccccc1C. The molecule has 0 saturated carbocycles. The van der Waals surface area contributed by atoms with Crippen LogP contribution in [-0.2, 0) is 0 Å². The molecule has 0 spiro atoms. The van der Waals surface area contributed by atoms with Crippen LogP contribution < -0.4 is 0 Å². The second-order valence-electron chi connectivity index (χ2n) is 3.63. The fourth-order valence-electron chi connectivity index (χ4n) is 1.75. The highest BCUT2D eigenvalue weighted by atomic mass is 14.1. The van der Waals surface area contributed by atoms with Gasteiger partial charge >= 0.3 is 0 Å². The standard InChI is InChI=1S/C14H14.2CH4/c1-11-7-3-5-9-13(11)14-10-6-4-8-12(14)2;;/h3-10H,1-2H3;2*1H4. The summed E-state index contributed by atoms with van der Waals surface area (Å²) in [6.45, 7) is 4.31. The molecule has 0 heterocycles. The molecule has 0 aliphatic carbocycles. The van der Waals surface area contributed by atoms with E-state index in [4.69, 9.17) is 0 Å². The fraction of sp³-hybridized carbons (Fsp3) is 0.250. The number of hydrogen-bond acceptors (Lipinski definition) is 0. The Bertz CT molecular complexity index is 398. The smallest absolute Gasteiger partial charge is 0.0152 e. The molecule has 0 bridgehead atoms. The van der Waals surface area contributed by atoms with Gasteiger partial charge in [-0.1, -0.05) is 63.4 Å². The lowest BCUT2D eigenvalue weighted by atomic mass is 9.97. The first-order valence-electron chi connectivity index (χ1n) is 4.90. The lowest BCUT2D eigenvalue weighted by Crippen LogP contribution is -1.85. The van der Waals surface area contributed by atoms with Crippen molar-refractivity contribution in [3.05, 3.63) is 59.7 Å². The number of hydrogen-bond donors (Lipinski definition) is 0. The van der Waals surface area contributed by atoms with Gasteiger partial charge < -0.3 is 0 Å². The maximum absolute atomic E-state index is 2.18. The zero-order valence-corrected chi connectivity index (χ0v) is 8.62. The van der Waals surface area contributed by atoms with E-state index in [9.17, 15) is 0 Å². The van der Waals surface area contributed by atoms with Crippen LogP contribution in [0.2, 0.25) is 0 Å². The van der Waals surface area contributed by atoms with Crippen LogP contribution in [-0.4, -0.2) is 0 Å². The fourth-order valence-corrected chi connectivity index (χ4v) is 1.75. The van der Waals surface area contributed by atoms with Crippen molar-refractivity contribution >= 4 is 0 Å². The van der Waals surface area contributed by atoms with Crippen LogP contribution in [0.3, 0.4) is 0 Å². The molecule has 0 amide bonds.